The number of Topliss-reactive ketones (excluding diaryl/α,β-unsaturated/α-hetero) is 1. The summed E-state index contributed by atoms with van der Waals surface area (Å²) < 4.78 is 1.13. The Morgan fingerprint density at radius 2 is 2.06 bits per heavy atom. The van der Waals surface area contributed by atoms with E-state index in [1.165, 1.54) is 5.56 Å². The van der Waals surface area contributed by atoms with Crippen molar-refractivity contribution in [2.45, 2.75) is 39.5 Å². The van der Waals surface area contributed by atoms with Crippen LogP contribution < -0.4 is 0 Å². The summed E-state index contributed by atoms with van der Waals surface area (Å²) in [5.41, 5.74) is 1.26. The van der Waals surface area contributed by atoms with Crippen molar-refractivity contribution in [1.82, 2.24) is 0 Å². The fraction of sp³-hybridized carbons (Fsp3) is 0.562. The molecule has 1 saturated carbocycles. The van der Waals surface area contributed by atoms with Crippen molar-refractivity contribution in [2.24, 2.45) is 17.8 Å². The molecule has 1 aliphatic carbocycles. The van der Waals surface area contributed by atoms with Crippen molar-refractivity contribution in [3.05, 3.63) is 34.3 Å². The van der Waals surface area contributed by atoms with Crippen LogP contribution in [-0.4, -0.2) is 5.78 Å². The van der Waals surface area contributed by atoms with Crippen LogP contribution in [0.2, 0.25) is 0 Å². The van der Waals surface area contributed by atoms with E-state index in [1.54, 1.807) is 0 Å². The largest absolute Gasteiger partial charge is 0.299 e. The fourth-order valence-electron chi connectivity index (χ4n) is 2.88. The van der Waals surface area contributed by atoms with E-state index in [9.17, 15) is 4.79 Å². The molecule has 1 fully saturated rings. The number of hydrogen-bond acceptors (Lipinski definition) is 1. The molecule has 2 heteroatoms. The molecule has 0 spiro atoms. The second kappa shape index (κ2) is 6.01. The highest BCUT2D eigenvalue weighted by Gasteiger charge is 2.30. The van der Waals surface area contributed by atoms with Gasteiger partial charge in [-0.25, -0.2) is 0 Å². The Morgan fingerprint density at radius 3 is 2.72 bits per heavy atom. The topological polar surface area (TPSA) is 17.1 Å². The molecule has 0 aliphatic heterocycles. The SMILES string of the molecule is CC(C)C1CCC(=O)C(Cc2ccccc2Br)C1. The zero-order valence-corrected chi connectivity index (χ0v) is 12.7. The second-order valence-corrected chi connectivity index (χ2v) is 6.59. The summed E-state index contributed by atoms with van der Waals surface area (Å²) in [7, 11) is 0. The van der Waals surface area contributed by atoms with Gasteiger partial charge in [-0.1, -0.05) is 48.0 Å². The monoisotopic (exact) mass is 308 g/mol. The van der Waals surface area contributed by atoms with Crippen LogP contribution >= 0.6 is 15.9 Å². The maximum atomic E-state index is 12.1. The van der Waals surface area contributed by atoms with Crippen LogP contribution in [0.25, 0.3) is 0 Å². The highest BCUT2D eigenvalue weighted by molar-refractivity contribution is 9.10. The summed E-state index contributed by atoms with van der Waals surface area (Å²) in [5, 5.41) is 0. The van der Waals surface area contributed by atoms with Crippen molar-refractivity contribution >= 4 is 21.7 Å². The number of rotatable bonds is 3. The summed E-state index contributed by atoms with van der Waals surface area (Å²) in [6.45, 7) is 4.55. The minimum absolute atomic E-state index is 0.227. The molecule has 0 saturated heterocycles. The van der Waals surface area contributed by atoms with E-state index in [1.807, 2.05) is 12.1 Å². The molecule has 0 heterocycles. The Kier molecular flexibility index (Phi) is 4.60. The van der Waals surface area contributed by atoms with Crippen molar-refractivity contribution in [1.29, 1.82) is 0 Å². The normalized spacial score (nSPS) is 24.6. The van der Waals surface area contributed by atoms with Gasteiger partial charge in [-0.3, -0.25) is 4.79 Å². The number of ketones is 1. The molecule has 1 aromatic carbocycles. The summed E-state index contributed by atoms with van der Waals surface area (Å²) in [4.78, 5) is 12.1. The molecule has 98 valence electrons. The molecule has 2 unspecified atom stereocenters. The number of benzene rings is 1. The third-order valence-electron chi connectivity index (χ3n) is 4.17. The van der Waals surface area contributed by atoms with E-state index >= 15 is 0 Å². The molecule has 1 nitrogen and oxygen atoms in total. The van der Waals surface area contributed by atoms with Crippen LogP contribution in [0.1, 0.15) is 38.7 Å². The van der Waals surface area contributed by atoms with Crippen LogP contribution in [0.4, 0.5) is 0 Å². The Hall–Kier alpha value is -0.630. The predicted octanol–water partition coefficient (Wildman–Crippen LogP) is 4.63. The molecule has 0 bridgehead atoms. The Bertz CT molecular complexity index is 425. The smallest absolute Gasteiger partial charge is 0.136 e. The molecular formula is C16H21BrO. The Morgan fingerprint density at radius 1 is 1.33 bits per heavy atom. The first-order chi connectivity index (χ1) is 8.58. The van der Waals surface area contributed by atoms with Gasteiger partial charge in [0.1, 0.15) is 5.78 Å². The van der Waals surface area contributed by atoms with Gasteiger partial charge in [0.2, 0.25) is 0 Å². The third-order valence-corrected chi connectivity index (χ3v) is 4.94. The van der Waals surface area contributed by atoms with E-state index in [-0.39, 0.29) is 5.92 Å². The highest BCUT2D eigenvalue weighted by atomic mass is 79.9. The number of hydrogen-bond donors (Lipinski definition) is 0. The van der Waals surface area contributed by atoms with Crippen LogP contribution in [0.15, 0.2) is 28.7 Å². The molecular weight excluding hydrogens is 288 g/mol. The van der Waals surface area contributed by atoms with Gasteiger partial charge >= 0.3 is 0 Å². The lowest BCUT2D eigenvalue weighted by Gasteiger charge is -2.30. The first-order valence-electron chi connectivity index (χ1n) is 6.84. The molecule has 0 N–H and O–H groups in total. The van der Waals surface area contributed by atoms with Crippen molar-refractivity contribution in [2.75, 3.05) is 0 Å². The lowest BCUT2D eigenvalue weighted by Crippen LogP contribution is -2.29. The molecule has 18 heavy (non-hydrogen) atoms. The number of halogens is 1. The van der Waals surface area contributed by atoms with Crippen molar-refractivity contribution in [3.8, 4) is 0 Å². The molecule has 2 rings (SSSR count). The fourth-order valence-corrected chi connectivity index (χ4v) is 3.33. The molecule has 2 atom stereocenters. The average Bonchev–Trinajstić information content (AvgIpc) is 2.34. The van der Waals surface area contributed by atoms with Crippen LogP contribution in [0.3, 0.4) is 0 Å². The van der Waals surface area contributed by atoms with Gasteiger partial charge in [0.15, 0.2) is 0 Å². The van der Waals surface area contributed by atoms with Crippen molar-refractivity contribution < 1.29 is 4.79 Å². The highest BCUT2D eigenvalue weighted by Crippen LogP contribution is 2.34. The van der Waals surface area contributed by atoms with E-state index in [0.717, 1.165) is 36.1 Å². The maximum absolute atomic E-state index is 12.1. The minimum Gasteiger partial charge on any atom is -0.299 e. The molecule has 0 amide bonds. The quantitative estimate of drug-likeness (QED) is 0.795. The summed E-state index contributed by atoms with van der Waals surface area (Å²) >= 11 is 3.58. The molecule has 0 aromatic heterocycles. The minimum atomic E-state index is 0.227. The van der Waals surface area contributed by atoms with Crippen LogP contribution in [0, 0.1) is 17.8 Å². The van der Waals surface area contributed by atoms with E-state index in [0.29, 0.717) is 11.7 Å². The van der Waals surface area contributed by atoms with E-state index < -0.39 is 0 Å². The van der Waals surface area contributed by atoms with Crippen molar-refractivity contribution in [3.63, 3.8) is 0 Å². The zero-order valence-electron chi connectivity index (χ0n) is 11.2. The lowest BCUT2D eigenvalue weighted by atomic mass is 9.73. The van der Waals surface area contributed by atoms with E-state index in [4.69, 9.17) is 0 Å². The molecule has 1 aromatic rings. The van der Waals surface area contributed by atoms with Crippen LogP contribution in [0.5, 0.6) is 0 Å². The number of carbonyl (C=O) groups excluding carboxylic acids is 1. The van der Waals surface area contributed by atoms with Crippen LogP contribution in [-0.2, 0) is 11.2 Å². The maximum Gasteiger partial charge on any atom is 0.136 e. The molecule has 0 radical (unpaired) electrons. The summed E-state index contributed by atoms with van der Waals surface area (Å²) in [6, 6.07) is 8.25. The Balaban J connectivity index is 2.07. The van der Waals surface area contributed by atoms with Gasteiger partial charge in [0.05, 0.1) is 0 Å². The van der Waals surface area contributed by atoms with E-state index in [2.05, 4.69) is 41.9 Å². The lowest BCUT2D eigenvalue weighted by molar-refractivity contribution is -0.125. The summed E-state index contributed by atoms with van der Waals surface area (Å²) in [5.74, 6) is 2.10. The van der Waals surface area contributed by atoms with Gasteiger partial charge in [-0.2, -0.15) is 0 Å². The summed E-state index contributed by atoms with van der Waals surface area (Å²) in [6.07, 6.45) is 3.82. The first kappa shape index (κ1) is 13.8. The van der Waals surface area contributed by atoms with Gasteiger partial charge in [0, 0.05) is 16.8 Å². The molecule has 1 aliphatic rings. The van der Waals surface area contributed by atoms with Gasteiger partial charge in [0.25, 0.3) is 0 Å². The standard InChI is InChI=1S/C16H21BrO/c1-11(2)12-7-8-16(18)14(9-12)10-13-5-3-4-6-15(13)17/h3-6,11-12,14H,7-10H2,1-2H3. The Labute approximate surface area is 118 Å². The van der Waals surface area contributed by atoms with Gasteiger partial charge < -0.3 is 0 Å². The predicted molar refractivity (Wildman–Crippen MR) is 78.5 cm³/mol. The third kappa shape index (κ3) is 3.23. The van der Waals surface area contributed by atoms with Gasteiger partial charge in [-0.05, 0) is 42.7 Å². The first-order valence-corrected chi connectivity index (χ1v) is 7.63. The average molecular weight is 309 g/mol. The number of carbonyl (C=O) groups is 1. The zero-order chi connectivity index (χ0) is 13.1. The second-order valence-electron chi connectivity index (χ2n) is 5.74. The van der Waals surface area contributed by atoms with Gasteiger partial charge in [-0.15, -0.1) is 0 Å².